The van der Waals surface area contributed by atoms with Gasteiger partial charge in [-0.25, -0.2) is 9.18 Å². The Morgan fingerprint density at radius 3 is 2.49 bits per heavy atom. The number of hydrogen-bond acceptors (Lipinski definition) is 9. The van der Waals surface area contributed by atoms with E-state index in [9.17, 15) is 4.79 Å². The lowest BCUT2D eigenvalue weighted by atomic mass is 10.2. The Bertz CT molecular complexity index is 1440. The van der Waals surface area contributed by atoms with Gasteiger partial charge in [0.2, 0.25) is 0 Å². The van der Waals surface area contributed by atoms with E-state index in [4.69, 9.17) is 46.9 Å². The van der Waals surface area contributed by atoms with Crippen LogP contribution in [0.2, 0.25) is 10.0 Å². The standard InChI is InChI=1S/C28H30Cl2FN3O6S/c1-27(2,3)40-26(35)34-16(12-38-28(34,4)5)11-37-23-10-19(29)18(9-21(23)31)25-33-32-24(41-25)15-6-7-22(20(30)8-15)39-17-13-36-14-17/h6-10,16-17H,11-14H2,1-5H3. The predicted molar refractivity (Wildman–Crippen MR) is 153 cm³/mol. The molecule has 1 unspecified atom stereocenters. The summed E-state index contributed by atoms with van der Waals surface area (Å²) >= 11 is 14.2. The number of halogens is 3. The molecule has 2 aromatic carbocycles. The molecule has 0 aliphatic carbocycles. The Morgan fingerprint density at radius 1 is 1.10 bits per heavy atom. The molecule has 3 aromatic rings. The molecule has 2 aliphatic heterocycles. The Labute approximate surface area is 251 Å². The topological polar surface area (TPSA) is 92.2 Å². The van der Waals surface area contributed by atoms with Gasteiger partial charge in [-0.15, -0.1) is 10.2 Å². The number of ether oxygens (including phenoxy) is 5. The number of benzene rings is 2. The lowest BCUT2D eigenvalue weighted by Crippen LogP contribution is -2.51. The summed E-state index contributed by atoms with van der Waals surface area (Å²) in [7, 11) is 0. The van der Waals surface area contributed by atoms with Crippen LogP contribution in [0, 0.1) is 5.82 Å². The van der Waals surface area contributed by atoms with E-state index in [0.29, 0.717) is 39.6 Å². The molecule has 0 spiro atoms. The van der Waals surface area contributed by atoms with Crippen molar-refractivity contribution >= 4 is 40.6 Å². The van der Waals surface area contributed by atoms with E-state index in [1.54, 1.807) is 46.8 Å². The first-order chi connectivity index (χ1) is 19.3. The molecule has 0 N–H and O–H groups in total. The quantitative estimate of drug-likeness (QED) is 0.281. The molecular weight excluding hydrogens is 596 g/mol. The van der Waals surface area contributed by atoms with E-state index in [2.05, 4.69) is 10.2 Å². The second kappa shape index (κ2) is 11.5. The zero-order chi connectivity index (χ0) is 29.5. The summed E-state index contributed by atoms with van der Waals surface area (Å²) in [6, 6.07) is 7.50. The highest BCUT2D eigenvalue weighted by Crippen LogP contribution is 2.39. The summed E-state index contributed by atoms with van der Waals surface area (Å²) in [5, 5.41) is 10.1. The predicted octanol–water partition coefficient (Wildman–Crippen LogP) is 6.85. The maximum atomic E-state index is 15.2. The van der Waals surface area contributed by atoms with Gasteiger partial charge in [-0.2, -0.15) is 0 Å². The van der Waals surface area contributed by atoms with Crippen molar-refractivity contribution in [3.05, 3.63) is 46.2 Å². The van der Waals surface area contributed by atoms with Crippen LogP contribution >= 0.6 is 34.5 Å². The van der Waals surface area contributed by atoms with Crippen LogP contribution in [0.25, 0.3) is 21.1 Å². The molecule has 2 aliphatic rings. The average Bonchev–Trinajstić information content (AvgIpc) is 3.45. The van der Waals surface area contributed by atoms with Gasteiger partial charge < -0.3 is 23.7 Å². The van der Waals surface area contributed by atoms with E-state index in [-0.39, 0.29) is 30.1 Å². The van der Waals surface area contributed by atoms with Gasteiger partial charge in [-0.1, -0.05) is 34.5 Å². The first-order valence-electron chi connectivity index (χ1n) is 13.0. The largest absolute Gasteiger partial charge is 0.488 e. The van der Waals surface area contributed by atoms with Gasteiger partial charge in [0.15, 0.2) is 11.6 Å². The second-order valence-electron chi connectivity index (χ2n) is 11.2. The maximum absolute atomic E-state index is 15.2. The molecule has 1 atom stereocenters. The Morgan fingerprint density at radius 2 is 1.83 bits per heavy atom. The lowest BCUT2D eigenvalue weighted by Gasteiger charge is -2.35. The van der Waals surface area contributed by atoms with Crippen LogP contribution in [0.4, 0.5) is 9.18 Å². The van der Waals surface area contributed by atoms with Gasteiger partial charge in [0, 0.05) is 17.2 Å². The minimum Gasteiger partial charge on any atom is -0.488 e. The van der Waals surface area contributed by atoms with Crippen molar-refractivity contribution in [1.29, 1.82) is 0 Å². The molecule has 1 aromatic heterocycles. The lowest BCUT2D eigenvalue weighted by molar-refractivity contribution is -0.0796. The van der Waals surface area contributed by atoms with Gasteiger partial charge in [-0.05, 0) is 58.9 Å². The zero-order valence-corrected chi connectivity index (χ0v) is 25.5. The Kier molecular flexibility index (Phi) is 8.37. The van der Waals surface area contributed by atoms with E-state index in [1.165, 1.54) is 28.4 Å². The zero-order valence-electron chi connectivity index (χ0n) is 23.2. The summed E-state index contributed by atoms with van der Waals surface area (Å²) in [4.78, 5) is 14.3. The third-order valence-electron chi connectivity index (χ3n) is 6.35. The van der Waals surface area contributed by atoms with Crippen LogP contribution in [-0.4, -0.2) is 71.1 Å². The minimum atomic E-state index is -0.908. The maximum Gasteiger partial charge on any atom is 0.413 e. The van der Waals surface area contributed by atoms with Gasteiger partial charge in [-0.3, -0.25) is 4.90 Å². The molecule has 5 rings (SSSR count). The molecule has 13 heteroatoms. The number of hydrogen-bond donors (Lipinski definition) is 0. The number of amides is 1. The van der Waals surface area contributed by atoms with Crippen LogP contribution in [0.15, 0.2) is 30.3 Å². The van der Waals surface area contributed by atoms with Crippen molar-refractivity contribution in [3.8, 4) is 32.6 Å². The van der Waals surface area contributed by atoms with Crippen molar-refractivity contribution in [3.63, 3.8) is 0 Å². The fourth-order valence-corrected chi connectivity index (χ4v) is 5.71. The summed E-state index contributed by atoms with van der Waals surface area (Å²) in [6.45, 7) is 10.1. The highest BCUT2D eigenvalue weighted by molar-refractivity contribution is 7.18. The average molecular weight is 627 g/mol. The highest BCUT2D eigenvalue weighted by atomic mass is 35.5. The fourth-order valence-electron chi connectivity index (χ4n) is 4.32. The smallest absolute Gasteiger partial charge is 0.413 e. The number of carbonyl (C=O) groups excluding carboxylic acids is 1. The van der Waals surface area contributed by atoms with E-state index >= 15 is 4.39 Å². The number of nitrogens with zero attached hydrogens (tertiary/aromatic N) is 3. The number of aromatic nitrogens is 2. The van der Waals surface area contributed by atoms with Crippen LogP contribution in [0.5, 0.6) is 11.5 Å². The van der Waals surface area contributed by atoms with Crippen LogP contribution in [-0.2, 0) is 14.2 Å². The molecule has 9 nitrogen and oxygen atoms in total. The SMILES string of the molecule is CC(C)(C)OC(=O)N1C(COc2cc(Cl)c(-c3nnc(-c4ccc(OC5COC5)c(Cl)c4)s3)cc2F)COC1(C)C. The van der Waals surface area contributed by atoms with Gasteiger partial charge >= 0.3 is 6.09 Å². The Balaban J connectivity index is 1.28. The molecule has 1 amide bonds. The van der Waals surface area contributed by atoms with Crippen LogP contribution in [0.3, 0.4) is 0 Å². The summed E-state index contributed by atoms with van der Waals surface area (Å²) in [5.41, 5.74) is -0.480. The molecular formula is C28H30Cl2FN3O6S. The Hall–Kier alpha value is -2.70. The van der Waals surface area contributed by atoms with Crippen molar-refractivity contribution in [2.45, 2.75) is 58.1 Å². The molecule has 41 heavy (non-hydrogen) atoms. The normalized spacial score (nSPS) is 18.7. The first-order valence-corrected chi connectivity index (χ1v) is 14.5. The van der Waals surface area contributed by atoms with Gasteiger partial charge in [0.05, 0.1) is 35.9 Å². The number of carbonyl (C=O) groups is 1. The van der Waals surface area contributed by atoms with Crippen LogP contribution < -0.4 is 9.47 Å². The van der Waals surface area contributed by atoms with Gasteiger partial charge in [0.1, 0.15) is 39.8 Å². The molecule has 0 radical (unpaired) electrons. The van der Waals surface area contributed by atoms with Crippen molar-refractivity contribution < 1.29 is 32.9 Å². The summed E-state index contributed by atoms with van der Waals surface area (Å²) in [6.07, 6.45) is -0.538. The summed E-state index contributed by atoms with van der Waals surface area (Å²) < 4.78 is 43.2. The van der Waals surface area contributed by atoms with Crippen molar-refractivity contribution in [2.75, 3.05) is 26.4 Å². The van der Waals surface area contributed by atoms with E-state index < -0.39 is 29.3 Å². The van der Waals surface area contributed by atoms with Crippen molar-refractivity contribution in [1.82, 2.24) is 15.1 Å². The first kappa shape index (κ1) is 29.8. The fraction of sp³-hybridized carbons (Fsp3) is 0.464. The second-order valence-corrected chi connectivity index (χ2v) is 13.0. The molecule has 2 saturated heterocycles. The van der Waals surface area contributed by atoms with E-state index in [1.807, 2.05) is 6.07 Å². The molecule has 0 saturated carbocycles. The monoisotopic (exact) mass is 625 g/mol. The minimum absolute atomic E-state index is 0.00211. The third kappa shape index (κ3) is 6.70. The molecule has 2 fully saturated rings. The van der Waals surface area contributed by atoms with Crippen LogP contribution in [0.1, 0.15) is 34.6 Å². The molecule has 0 bridgehead atoms. The van der Waals surface area contributed by atoms with Gasteiger partial charge in [0.25, 0.3) is 0 Å². The van der Waals surface area contributed by atoms with E-state index in [0.717, 1.165) is 5.56 Å². The third-order valence-corrected chi connectivity index (χ3v) is 7.97. The summed E-state index contributed by atoms with van der Waals surface area (Å²) in [5.74, 6) is -0.125. The van der Waals surface area contributed by atoms with Crippen molar-refractivity contribution in [2.24, 2.45) is 0 Å². The highest BCUT2D eigenvalue weighted by Gasteiger charge is 2.46. The molecule has 3 heterocycles. The number of rotatable bonds is 7. The molecule has 220 valence electrons.